The summed E-state index contributed by atoms with van der Waals surface area (Å²) in [6.45, 7) is 0. The molecular weight excluding hydrogens is 322 g/mol. The van der Waals surface area contributed by atoms with Gasteiger partial charge < -0.3 is 0 Å². The van der Waals surface area contributed by atoms with Crippen molar-refractivity contribution < 1.29 is 0 Å². The summed E-state index contributed by atoms with van der Waals surface area (Å²) >= 11 is 5.15. The van der Waals surface area contributed by atoms with Gasteiger partial charge in [-0.1, -0.05) is 18.2 Å². The van der Waals surface area contributed by atoms with E-state index in [0.29, 0.717) is 0 Å². The van der Waals surface area contributed by atoms with Crippen LogP contribution in [0.25, 0.3) is 10.8 Å². The first-order valence-corrected chi connectivity index (χ1v) is 7.49. The van der Waals surface area contributed by atoms with Gasteiger partial charge in [0.05, 0.1) is 9.83 Å². The van der Waals surface area contributed by atoms with Crippen molar-refractivity contribution in [3.05, 3.63) is 63.0 Å². The van der Waals surface area contributed by atoms with Gasteiger partial charge in [-0.25, -0.2) is 5.43 Å². The van der Waals surface area contributed by atoms with E-state index in [1.807, 2.05) is 24.5 Å². The second-order valence-electron chi connectivity index (χ2n) is 4.23. The van der Waals surface area contributed by atoms with E-state index in [1.165, 1.54) is 5.39 Å². The number of benzene rings is 1. The summed E-state index contributed by atoms with van der Waals surface area (Å²) in [7, 11) is 0. The second-order valence-corrected chi connectivity index (χ2v) is 6.52. The molecule has 3 N–H and O–H groups in total. The first-order chi connectivity index (χ1) is 9.29. The third-order valence-corrected chi connectivity index (χ3v) is 4.64. The van der Waals surface area contributed by atoms with E-state index in [0.717, 1.165) is 20.3 Å². The summed E-state index contributed by atoms with van der Waals surface area (Å²) in [5.41, 5.74) is 5.22. The molecule has 96 valence electrons. The highest BCUT2D eigenvalue weighted by Crippen LogP contribution is 2.32. The predicted molar refractivity (Wildman–Crippen MR) is 82.9 cm³/mol. The molecule has 0 bridgehead atoms. The van der Waals surface area contributed by atoms with Gasteiger partial charge in [-0.05, 0) is 50.0 Å². The zero-order chi connectivity index (χ0) is 13.2. The maximum Gasteiger partial charge on any atom is 0.0724 e. The predicted octanol–water partition coefficient (Wildman–Crippen LogP) is 3.61. The number of hydrogen-bond acceptors (Lipinski definition) is 4. The number of hydrazine groups is 1. The summed E-state index contributed by atoms with van der Waals surface area (Å²) in [5, 5.41) is 4.39. The van der Waals surface area contributed by atoms with E-state index in [-0.39, 0.29) is 6.04 Å². The molecule has 3 rings (SSSR count). The van der Waals surface area contributed by atoms with Crippen LogP contribution in [0.1, 0.15) is 17.2 Å². The van der Waals surface area contributed by atoms with E-state index >= 15 is 0 Å². The zero-order valence-electron chi connectivity index (χ0n) is 10.0. The molecule has 0 aliphatic carbocycles. The van der Waals surface area contributed by atoms with Crippen molar-refractivity contribution in [3.63, 3.8) is 0 Å². The van der Waals surface area contributed by atoms with Crippen LogP contribution in [0.15, 0.2) is 51.9 Å². The Morgan fingerprint density at radius 3 is 2.95 bits per heavy atom. The number of nitrogens with one attached hydrogen (secondary N) is 1. The van der Waals surface area contributed by atoms with Crippen molar-refractivity contribution >= 4 is 38.0 Å². The zero-order valence-corrected chi connectivity index (χ0v) is 12.4. The van der Waals surface area contributed by atoms with Crippen LogP contribution in [-0.2, 0) is 0 Å². The van der Waals surface area contributed by atoms with Gasteiger partial charge in [0.25, 0.3) is 0 Å². The topological polar surface area (TPSA) is 50.9 Å². The minimum atomic E-state index is -0.0198. The molecule has 2 heterocycles. The van der Waals surface area contributed by atoms with Gasteiger partial charge in [0.15, 0.2) is 0 Å². The second kappa shape index (κ2) is 5.38. The van der Waals surface area contributed by atoms with Crippen LogP contribution in [0.3, 0.4) is 0 Å². The van der Waals surface area contributed by atoms with Crippen LogP contribution < -0.4 is 11.3 Å². The minimum absolute atomic E-state index is 0.0198. The smallest absolute Gasteiger partial charge is 0.0724 e. The molecule has 3 aromatic rings. The van der Waals surface area contributed by atoms with Crippen LogP contribution in [0, 0.1) is 0 Å². The molecule has 1 atom stereocenters. The number of nitrogens with zero attached hydrogens (tertiary/aromatic N) is 1. The number of hydrogen-bond donors (Lipinski definition) is 2. The van der Waals surface area contributed by atoms with Crippen molar-refractivity contribution in [2.24, 2.45) is 5.84 Å². The quantitative estimate of drug-likeness (QED) is 0.568. The molecule has 0 fully saturated rings. The number of pyridine rings is 1. The van der Waals surface area contributed by atoms with Crippen molar-refractivity contribution in [1.29, 1.82) is 0 Å². The summed E-state index contributed by atoms with van der Waals surface area (Å²) in [6.07, 6.45) is 3.68. The maximum atomic E-state index is 5.76. The molecule has 0 radical (unpaired) electrons. The van der Waals surface area contributed by atoms with E-state index < -0.39 is 0 Å². The number of fused-ring (bicyclic) bond motifs is 1. The fourth-order valence-corrected chi connectivity index (χ4v) is 3.44. The van der Waals surface area contributed by atoms with E-state index in [9.17, 15) is 0 Å². The minimum Gasteiger partial charge on any atom is -0.271 e. The van der Waals surface area contributed by atoms with Gasteiger partial charge in [-0.15, -0.1) is 11.3 Å². The lowest BCUT2D eigenvalue weighted by Crippen LogP contribution is -2.28. The number of aromatic nitrogens is 1. The van der Waals surface area contributed by atoms with E-state index in [4.69, 9.17) is 5.84 Å². The summed E-state index contributed by atoms with van der Waals surface area (Å²) in [4.78, 5) is 4.16. The molecule has 5 heteroatoms. The molecule has 0 saturated carbocycles. The number of halogens is 1. The summed E-state index contributed by atoms with van der Waals surface area (Å²) in [5.74, 6) is 5.76. The molecule has 0 spiro atoms. The van der Waals surface area contributed by atoms with Crippen molar-refractivity contribution in [1.82, 2.24) is 10.4 Å². The number of rotatable bonds is 3. The molecule has 0 aliphatic heterocycles. The van der Waals surface area contributed by atoms with Crippen LogP contribution >= 0.6 is 27.3 Å². The van der Waals surface area contributed by atoms with Gasteiger partial charge >= 0.3 is 0 Å². The Bertz CT molecular complexity index is 705. The Kier molecular flexibility index (Phi) is 3.61. The average molecular weight is 334 g/mol. The maximum absolute atomic E-state index is 5.76. The number of nitrogens with two attached hydrogens (primary N) is 1. The van der Waals surface area contributed by atoms with Gasteiger partial charge in [-0.3, -0.25) is 10.8 Å². The third kappa shape index (κ3) is 2.42. The van der Waals surface area contributed by atoms with E-state index in [1.54, 1.807) is 11.3 Å². The fourth-order valence-electron chi connectivity index (χ4n) is 2.24. The van der Waals surface area contributed by atoms with Crippen LogP contribution in [0.4, 0.5) is 0 Å². The number of thiophene rings is 1. The monoisotopic (exact) mass is 333 g/mol. The van der Waals surface area contributed by atoms with Gasteiger partial charge in [0, 0.05) is 17.8 Å². The summed E-state index contributed by atoms with van der Waals surface area (Å²) < 4.78 is 1.10. The Balaban J connectivity index is 2.16. The lowest BCUT2D eigenvalue weighted by atomic mass is 9.97. The Morgan fingerprint density at radius 1 is 1.32 bits per heavy atom. The van der Waals surface area contributed by atoms with Crippen molar-refractivity contribution in [2.45, 2.75) is 6.04 Å². The Labute approximate surface area is 123 Å². The largest absolute Gasteiger partial charge is 0.271 e. The molecule has 3 nitrogen and oxygen atoms in total. The molecule has 19 heavy (non-hydrogen) atoms. The standard InChI is InChI=1S/C14H12BrN3S/c15-13-6-10(8-19-13)14(18-16)12-3-1-2-9-7-17-5-4-11(9)12/h1-8,14,18H,16H2. The molecule has 1 aromatic carbocycles. The van der Waals surface area contributed by atoms with Gasteiger partial charge in [0.2, 0.25) is 0 Å². The highest BCUT2D eigenvalue weighted by atomic mass is 79.9. The normalized spacial score (nSPS) is 12.7. The Morgan fingerprint density at radius 2 is 2.21 bits per heavy atom. The first kappa shape index (κ1) is 12.7. The van der Waals surface area contributed by atoms with Gasteiger partial charge in [-0.2, -0.15) is 0 Å². The molecule has 0 aliphatic rings. The lowest BCUT2D eigenvalue weighted by molar-refractivity contribution is 0.642. The van der Waals surface area contributed by atoms with Crippen LogP contribution in [0.5, 0.6) is 0 Å². The molecule has 1 unspecified atom stereocenters. The van der Waals surface area contributed by atoms with E-state index in [2.05, 4.69) is 49.9 Å². The first-order valence-electron chi connectivity index (χ1n) is 5.82. The molecule has 0 saturated heterocycles. The SMILES string of the molecule is NNC(c1csc(Br)c1)c1cccc2cnccc12. The molecule has 0 amide bonds. The van der Waals surface area contributed by atoms with Crippen LogP contribution in [-0.4, -0.2) is 4.98 Å². The lowest BCUT2D eigenvalue weighted by Gasteiger charge is -2.17. The highest BCUT2D eigenvalue weighted by molar-refractivity contribution is 9.11. The molecular formula is C14H12BrN3S. The highest BCUT2D eigenvalue weighted by Gasteiger charge is 2.16. The van der Waals surface area contributed by atoms with Gasteiger partial charge in [0.1, 0.15) is 0 Å². The fraction of sp³-hybridized carbons (Fsp3) is 0.0714. The summed E-state index contributed by atoms with van der Waals surface area (Å²) in [6, 6.07) is 10.3. The van der Waals surface area contributed by atoms with Crippen molar-refractivity contribution in [2.75, 3.05) is 0 Å². The van der Waals surface area contributed by atoms with Crippen molar-refractivity contribution in [3.8, 4) is 0 Å². The third-order valence-electron chi connectivity index (χ3n) is 3.11. The Hall–Kier alpha value is -1.27. The van der Waals surface area contributed by atoms with Crippen LogP contribution in [0.2, 0.25) is 0 Å². The molecule has 2 aromatic heterocycles. The average Bonchev–Trinajstić information content (AvgIpc) is 2.86.